The Kier molecular flexibility index (Phi) is 4.11. The van der Waals surface area contributed by atoms with Gasteiger partial charge < -0.3 is 10.1 Å². The fraction of sp³-hybridized carbons (Fsp3) is 0.429. The molecule has 1 aliphatic rings. The van der Waals surface area contributed by atoms with Gasteiger partial charge in [0, 0.05) is 5.54 Å². The van der Waals surface area contributed by atoms with Crippen LogP contribution in [0.1, 0.15) is 32.4 Å². The lowest BCUT2D eigenvalue weighted by Gasteiger charge is -2.21. The van der Waals surface area contributed by atoms with E-state index in [0.29, 0.717) is 11.5 Å². The molecule has 0 saturated carbocycles. The molecule has 5 nitrogen and oxygen atoms in total. The number of nitrogens with one attached hydrogen (secondary N) is 2. The number of halogens is 2. The van der Waals surface area contributed by atoms with Crippen molar-refractivity contribution in [2.24, 2.45) is 4.99 Å². The van der Waals surface area contributed by atoms with Crippen molar-refractivity contribution in [2.45, 2.75) is 39.0 Å². The van der Waals surface area contributed by atoms with Crippen LogP contribution in [-0.2, 0) is 4.79 Å². The summed E-state index contributed by atoms with van der Waals surface area (Å²) in [7, 11) is 0. The van der Waals surface area contributed by atoms with E-state index in [9.17, 15) is 13.6 Å². The minimum atomic E-state index is -2.87. The predicted octanol–water partition coefficient (Wildman–Crippen LogP) is 2.20. The molecule has 21 heavy (non-hydrogen) atoms. The zero-order valence-corrected chi connectivity index (χ0v) is 12.0. The second kappa shape index (κ2) is 5.67. The predicted molar refractivity (Wildman–Crippen MR) is 74.3 cm³/mol. The van der Waals surface area contributed by atoms with Crippen LogP contribution in [0.15, 0.2) is 29.3 Å². The highest BCUT2D eigenvalue weighted by molar-refractivity contribution is 6.05. The summed E-state index contributed by atoms with van der Waals surface area (Å²) in [4.78, 5) is 16.2. The first-order valence-electron chi connectivity index (χ1n) is 6.46. The van der Waals surface area contributed by atoms with Gasteiger partial charge in [0.05, 0.1) is 0 Å². The lowest BCUT2D eigenvalue weighted by molar-refractivity contribution is -0.120. The van der Waals surface area contributed by atoms with E-state index in [-0.39, 0.29) is 17.2 Å². The number of guanidine groups is 1. The maximum Gasteiger partial charge on any atom is 0.387 e. The number of carbonyl (C=O) groups is 1. The number of amides is 1. The summed E-state index contributed by atoms with van der Waals surface area (Å²) in [5.41, 5.74) is 0.385. The van der Waals surface area contributed by atoms with Crippen molar-refractivity contribution >= 4 is 11.9 Å². The third kappa shape index (κ3) is 4.14. The first kappa shape index (κ1) is 15.2. The Labute approximate surface area is 121 Å². The lowest BCUT2D eigenvalue weighted by atomic mass is 10.1. The Hall–Kier alpha value is -2.18. The van der Waals surface area contributed by atoms with Gasteiger partial charge in [0.25, 0.3) is 5.91 Å². The molecule has 1 aromatic rings. The van der Waals surface area contributed by atoms with Gasteiger partial charge in [0.1, 0.15) is 5.75 Å². The zero-order valence-electron chi connectivity index (χ0n) is 12.0. The molecule has 0 aromatic heterocycles. The SMILES string of the molecule is CC(C)(C)NC1=NC(c2ccc(OC(F)F)cc2)C(=O)N1. The molecule has 1 unspecified atom stereocenters. The highest BCUT2D eigenvalue weighted by Crippen LogP contribution is 2.24. The molecule has 0 radical (unpaired) electrons. The standard InChI is InChI=1S/C14H17F2N3O2/c1-14(2,3)19-13-17-10(11(20)18-13)8-4-6-9(7-5-8)21-12(15)16/h4-7,10,12H,1-3H3,(H2,17,18,19,20). The van der Waals surface area contributed by atoms with Crippen molar-refractivity contribution in [2.75, 3.05) is 0 Å². The van der Waals surface area contributed by atoms with Crippen molar-refractivity contribution in [3.05, 3.63) is 29.8 Å². The molecule has 1 atom stereocenters. The molecule has 2 N–H and O–H groups in total. The van der Waals surface area contributed by atoms with E-state index in [1.807, 2.05) is 20.8 Å². The summed E-state index contributed by atoms with van der Waals surface area (Å²) in [6, 6.07) is 5.19. The summed E-state index contributed by atoms with van der Waals surface area (Å²) >= 11 is 0. The van der Waals surface area contributed by atoms with Gasteiger partial charge >= 0.3 is 6.61 Å². The normalized spacial score (nSPS) is 18.5. The molecule has 1 aromatic carbocycles. The highest BCUT2D eigenvalue weighted by Gasteiger charge is 2.29. The first-order valence-corrected chi connectivity index (χ1v) is 6.46. The molecule has 0 saturated heterocycles. The van der Waals surface area contributed by atoms with Gasteiger partial charge in [-0.1, -0.05) is 12.1 Å². The number of nitrogens with zero attached hydrogens (tertiary/aromatic N) is 1. The topological polar surface area (TPSA) is 62.7 Å². The number of aliphatic imine (C=N–C) groups is 1. The van der Waals surface area contributed by atoms with E-state index >= 15 is 0 Å². The molecule has 7 heteroatoms. The van der Waals surface area contributed by atoms with Gasteiger partial charge in [-0.05, 0) is 38.5 Å². The van der Waals surface area contributed by atoms with Crippen LogP contribution in [0.2, 0.25) is 0 Å². The van der Waals surface area contributed by atoms with Crippen molar-refractivity contribution in [3.8, 4) is 5.75 Å². The number of carbonyl (C=O) groups excluding carboxylic acids is 1. The zero-order chi connectivity index (χ0) is 15.6. The van der Waals surface area contributed by atoms with E-state index in [1.165, 1.54) is 12.1 Å². The minimum absolute atomic E-state index is 0.0455. The average molecular weight is 297 g/mol. The molecule has 2 rings (SSSR count). The first-order chi connectivity index (χ1) is 9.74. The Balaban J connectivity index is 2.12. The molecule has 0 spiro atoms. The van der Waals surface area contributed by atoms with Crippen LogP contribution in [0.3, 0.4) is 0 Å². The van der Waals surface area contributed by atoms with Crippen LogP contribution in [0.5, 0.6) is 5.75 Å². The van der Waals surface area contributed by atoms with Gasteiger partial charge in [-0.25, -0.2) is 4.99 Å². The molecular formula is C14H17F2N3O2. The fourth-order valence-corrected chi connectivity index (χ4v) is 1.88. The third-order valence-electron chi connectivity index (χ3n) is 2.66. The van der Waals surface area contributed by atoms with E-state index in [1.54, 1.807) is 12.1 Å². The Morgan fingerprint density at radius 3 is 2.43 bits per heavy atom. The number of benzene rings is 1. The molecule has 0 fully saturated rings. The summed E-state index contributed by atoms with van der Waals surface area (Å²) < 4.78 is 28.4. The maximum absolute atomic E-state index is 12.1. The van der Waals surface area contributed by atoms with Crippen LogP contribution >= 0.6 is 0 Å². The average Bonchev–Trinajstić information content (AvgIpc) is 2.68. The smallest absolute Gasteiger partial charge is 0.387 e. The number of ether oxygens (including phenoxy) is 1. The van der Waals surface area contributed by atoms with Crippen molar-refractivity contribution in [1.82, 2.24) is 10.6 Å². The molecular weight excluding hydrogens is 280 g/mol. The molecule has 0 aliphatic carbocycles. The number of hydrogen-bond donors (Lipinski definition) is 2. The van der Waals surface area contributed by atoms with E-state index in [0.717, 1.165) is 0 Å². The number of alkyl halides is 2. The van der Waals surface area contributed by atoms with Crippen LogP contribution in [-0.4, -0.2) is 24.0 Å². The fourth-order valence-electron chi connectivity index (χ4n) is 1.88. The Morgan fingerprint density at radius 1 is 1.29 bits per heavy atom. The van der Waals surface area contributed by atoms with Crippen molar-refractivity contribution < 1.29 is 18.3 Å². The van der Waals surface area contributed by atoms with Gasteiger partial charge in [-0.3, -0.25) is 10.1 Å². The third-order valence-corrected chi connectivity index (χ3v) is 2.66. The number of rotatable bonds is 3. The molecule has 1 heterocycles. The van der Waals surface area contributed by atoms with E-state index < -0.39 is 12.7 Å². The van der Waals surface area contributed by atoms with Gasteiger partial charge in [-0.15, -0.1) is 0 Å². The summed E-state index contributed by atoms with van der Waals surface area (Å²) in [5.74, 6) is 0.193. The second-order valence-electron chi connectivity index (χ2n) is 5.69. The lowest BCUT2D eigenvalue weighted by Crippen LogP contribution is -2.46. The molecule has 1 amide bonds. The maximum atomic E-state index is 12.1. The Morgan fingerprint density at radius 2 is 1.90 bits per heavy atom. The van der Waals surface area contributed by atoms with Crippen LogP contribution in [0.4, 0.5) is 8.78 Å². The highest BCUT2D eigenvalue weighted by atomic mass is 19.3. The molecule has 114 valence electrons. The van der Waals surface area contributed by atoms with Crippen LogP contribution in [0.25, 0.3) is 0 Å². The summed E-state index contributed by atoms with van der Waals surface area (Å²) in [6.45, 7) is 2.98. The number of hydrogen-bond acceptors (Lipinski definition) is 4. The summed E-state index contributed by atoms with van der Waals surface area (Å²) in [5, 5.41) is 5.73. The van der Waals surface area contributed by atoms with Gasteiger partial charge in [0.15, 0.2) is 12.0 Å². The summed E-state index contributed by atoms with van der Waals surface area (Å²) in [6.07, 6.45) is 0. The van der Waals surface area contributed by atoms with Gasteiger partial charge in [-0.2, -0.15) is 8.78 Å². The van der Waals surface area contributed by atoms with E-state index in [2.05, 4.69) is 20.4 Å². The van der Waals surface area contributed by atoms with Crippen molar-refractivity contribution in [1.29, 1.82) is 0 Å². The van der Waals surface area contributed by atoms with Crippen LogP contribution < -0.4 is 15.4 Å². The monoisotopic (exact) mass is 297 g/mol. The second-order valence-corrected chi connectivity index (χ2v) is 5.69. The minimum Gasteiger partial charge on any atom is -0.435 e. The van der Waals surface area contributed by atoms with Crippen molar-refractivity contribution in [3.63, 3.8) is 0 Å². The quantitative estimate of drug-likeness (QED) is 0.899. The largest absolute Gasteiger partial charge is 0.435 e. The molecule has 1 aliphatic heterocycles. The van der Waals surface area contributed by atoms with Gasteiger partial charge in [0.2, 0.25) is 0 Å². The molecule has 0 bridgehead atoms. The van der Waals surface area contributed by atoms with E-state index in [4.69, 9.17) is 0 Å². The van der Waals surface area contributed by atoms with Crippen LogP contribution in [0, 0.1) is 0 Å². The Bertz CT molecular complexity index is 550.